The van der Waals surface area contributed by atoms with Crippen molar-refractivity contribution in [3.8, 4) is 0 Å². The van der Waals surface area contributed by atoms with Gasteiger partial charge in [-0.3, -0.25) is 38.5 Å². The van der Waals surface area contributed by atoms with Crippen molar-refractivity contribution in [1.82, 2.24) is 20.9 Å². The molecule has 0 aliphatic carbocycles. The van der Waals surface area contributed by atoms with Gasteiger partial charge in [0.25, 0.3) is 0 Å². The lowest BCUT2D eigenvalue weighted by Gasteiger charge is -2.24. The molecule has 2 rings (SSSR count). The van der Waals surface area contributed by atoms with E-state index in [-0.39, 0.29) is 93.0 Å². The highest BCUT2D eigenvalue weighted by molar-refractivity contribution is 6.03. The molecule has 67 heavy (non-hydrogen) atoms. The average molecular weight is 954 g/mol. The summed E-state index contributed by atoms with van der Waals surface area (Å²) in [4.78, 5) is 86.8. The Morgan fingerprint density at radius 3 is 1.54 bits per heavy atom. The minimum absolute atomic E-state index is 0.0432. The van der Waals surface area contributed by atoms with Crippen molar-refractivity contribution in [2.24, 2.45) is 17.8 Å². The van der Waals surface area contributed by atoms with E-state index in [4.69, 9.17) is 42.6 Å². The van der Waals surface area contributed by atoms with Gasteiger partial charge in [-0.25, -0.2) is 0 Å². The predicted molar refractivity (Wildman–Crippen MR) is 243 cm³/mol. The monoisotopic (exact) mass is 954 g/mol. The molecule has 0 saturated carbocycles. The topological polar surface area (TPSA) is 254 Å². The second-order valence-corrected chi connectivity index (χ2v) is 16.2. The number of likely N-dealkylation sites (tertiary alicyclic amines) is 1. The van der Waals surface area contributed by atoms with E-state index in [0.29, 0.717) is 105 Å². The van der Waals surface area contributed by atoms with Crippen molar-refractivity contribution >= 4 is 47.1 Å². The van der Waals surface area contributed by atoms with E-state index in [1.165, 1.54) is 0 Å². The maximum Gasteiger partial charge on any atom is 0.308 e. The van der Waals surface area contributed by atoms with E-state index in [2.05, 4.69) is 21.3 Å². The number of benzene rings is 1. The molecule has 1 aliphatic rings. The van der Waals surface area contributed by atoms with Crippen LogP contribution in [0.3, 0.4) is 0 Å². The first-order valence-corrected chi connectivity index (χ1v) is 23.1. The molecule has 1 aliphatic heterocycles. The van der Waals surface area contributed by atoms with Gasteiger partial charge in [-0.2, -0.15) is 0 Å². The van der Waals surface area contributed by atoms with Crippen LogP contribution in [0.4, 0.5) is 5.69 Å². The highest BCUT2D eigenvalue weighted by atomic mass is 16.6. The molecule has 1 unspecified atom stereocenters. The fourth-order valence-electron chi connectivity index (χ4n) is 5.86. The highest BCUT2D eigenvalue weighted by Crippen LogP contribution is 2.18. The molecule has 6 amide bonds. The molecule has 1 fully saturated rings. The number of carbonyl (C=O) groups excluding carboxylic acids is 7. The molecule has 1 aromatic carbocycles. The Morgan fingerprint density at radius 2 is 1.09 bits per heavy atom. The normalized spacial score (nSPS) is 14.6. The zero-order valence-corrected chi connectivity index (χ0v) is 40.2. The first-order chi connectivity index (χ1) is 32.2. The van der Waals surface area contributed by atoms with Crippen molar-refractivity contribution < 1.29 is 76.2 Å². The van der Waals surface area contributed by atoms with E-state index >= 15 is 0 Å². The lowest BCUT2D eigenvalue weighted by molar-refractivity contribution is -0.148. The summed E-state index contributed by atoms with van der Waals surface area (Å²) < 4.78 is 49.0. The molecule has 0 aromatic heterocycles. The third kappa shape index (κ3) is 27.1. The largest absolute Gasteiger partial charge is 0.461 e. The Balaban J connectivity index is 1.33. The van der Waals surface area contributed by atoms with Crippen LogP contribution in [0, 0.1) is 17.8 Å². The van der Waals surface area contributed by atoms with Gasteiger partial charge in [0.05, 0.1) is 112 Å². The van der Waals surface area contributed by atoms with Crippen LogP contribution in [-0.4, -0.2) is 177 Å². The van der Waals surface area contributed by atoms with E-state index in [1.807, 2.05) is 0 Å². The number of hydrogen-bond donors (Lipinski definition) is 4. The third-order valence-corrected chi connectivity index (χ3v) is 9.77. The molecular formula is C46H75N5O16. The highest BCUT2D eigenvalue weighted by Gasteiger charge is 2.35. The summed E-state index contributed by atoms with van der Waals surface area (Å²) >= 11 is 0. The summed E-state index contributed by atoms with van der Waals surface area (Å²) in [6, 6.07) is 5.11. The molecular weight excluding hydrogens is 879 g/mol. The maximum atomic E-state index is 13.0. The Bertz CT molecular complexity index is 1610. The van der Waals surface area contributed by atoms with E-state index in [9.17, 15) is 33.6 Å². The Hall–Kier alpha value is -4.61. The van der Waals surface area contributed by atoms with Crippen molar-refractivity contribution in [1.29, 1.82) is 0 Å². The molecule has 21 heteroatoms. The van der Waals surface area contributed by atoms with Gasteiger partial charge in [-0.05, 0) is 30.5 Å². The van der Waals surface area contributed by atoms with Gasteiger partial charge >= 0.3 is 5.97 Å². The van der Waals surface area contributed by atoms with Gasteiger partial charge in [-0.15, -0.1) is 0 Å². The number of carbonyl (C=O) groups is 7. The number of ether oxygens (including phenoxy) is 9. The molecule has 1 saturated heterocycles. The molecule has 21 nitrogen and oxygen atoms in total. The molecule has 4 N–H and O–H groups in total. The number of nitrogens with one attached hydrogen (secondary N) is 4. The zero-order chi connectivity index (χ0) is 49.2. The summed E-state index contributed by atoms with van der Waals surface area (Å²) in [6.07, 6.45) is 0.313. The second kappa shape index (κ2) is 35.5. The van der Waals surface area contributed by atoms with Crippen molar-refractivity contribution in [3.05, 3.63) is 29.8 Å². The Morgan fingerprint density at radius 1 is 0.612 bits per heavy atom. The van der Waals surface area contributed by atoms with Gasteiger partial charge in [0.1, 0.15) is 18.7 Å². The fourth-order valence-corrected chi connectivity index (χ4v) is 5.86. The van der Waals surface area contributed by atoms with Crippen molar-refractivity contribution in [3.63, 3.8) is 0 Å². The zero-order valence-electron chi connectivity index (χ0n) is 40.2. The average Bonchev–Trinajstić information content (AvgIpc) is 3.54. The van der Waals surface area contributed by atoms with Gasteiger partial charge in [-0.1, -0.05) is 46.8 Å². The summed E-state index contributed by atoms with van der Waals surface area (Å²) in [7, 11) is 0. The van der Waals surface area contributed by atoms with Gasteiger partial charge in [0.15, 0.2) is 0 Å². The number of hydrogen-bond acceptors (Lipinski definition) is 16. The summed E-state index contributed by atoms with van der Waals surface area (Å²) in [6.45, 7) is 16.8. The number of nitrogens with zero attached hydrogens (tertiary/aromatic N) is 1. The predicted octanol–water partition coefficient (Wildman–Crippen LogP) is 1.39. The van der Waals surface area contributed by atoms with E-state index < -0.39 is 23.9 Å². The van der Waals surface area contributed by atoms with Crippen molar-refractivity contribution in [2.75, 3.05) is 124 Å². The summed E-state index contributed by atoms with van der Waals surface area (Å²) in [5.74, 6) is -3.05. The smallest absolute Gasteiger partial charge is 0.308 e. The number of amides is 6. The van der Waals surface area contributed by atoms with Crippen LogP contribution in [0.15, 0.2) is 24.3 Å². The number of esters is 1. The summed E-state index contributed by atoms with van der Waals surface area (Å²) in [5, 5.41) is 10.9. The number of imide groups is 1. The third-order valence-electron chi connectivity index (χ3n) is 9.77. The molecule has 3 atom stereocenters. The van der Waals surface area contributed by atoms with Crippen LogP contribution < -0.4 is 21.3 Å². The van der Waals surface area contributed by atoms with Crippen LogP contribution in [0.25, 0.3) is 0 Å². The SMILES string of the molecule is CC(C)C(=O)OCc1ccc(NC(=O)[C@H](C)NC(=O)[C@@H](NC(=O)CCOCCOCCOCCOCCOCCOCCOCCOCCNC(=O)CCN2C(=O)CC(C)C2=O)C(C)C)cc1. The Labute approximate surface area is 394 Å². The standard InChI is InChI=1S/C46H75N5O16/c1-33(2)42(44(56)48-36(6)43(55)49-38-9-7-37(8-10-38)32-67-46(58)34(3)4)50-40(53)12-15-59-17-19-61-21-23-63-25-27-65-29-30-66-28-26-64-24-22-62-20-18-60-16-13-47-39(52)11-14-51-41(54)31-35(5)45(51)57/h7-10,33-36,42H,11-32H2,1-6H3,(H,47,52)(H,48,56)(H,49,55)(H,50,53)/t35?,36-,42-/m0/s1. The van der Waals surface area contributed by atoms with Gasteiger partial charge < -0.3 is 63.9 Å². The van der Waals surface area contributed by atoms with E-state index in [0.717, 1.165) is 10.5 Å². The quantitative estimate of drug-likeness (QED) is 0.0413. The van der Waals surface area contributed by atoms with E-state index in [1.54, 1.807) is 65.8 Å². The minimum atomic E-state index is -0.876. The first-order valence-electron chi connectivity index (χ1n) is 23.1. The van der Waals surface area contributed by atoms with Gasteiger partial charge in [0, 0.05) is 44.0 Å². The molecule has 0 radical (unpaired) electrons. The lowest BCUT2D eigenvalue weighted by atomic mass is 10.0. The van der Waals surface area contributed by atoms with Crippen molar-refractivity contribution in [2.45, 2.75) is 79.5 Å². The summed E-state index contributed by atoms with van der Waals surface area (Å²) in [5.41, 5.74) is 1.29. The Kier molecular flexibility index (Phi) is 31.0. The van der Waals surface area contributed by atoms with Crippen LogP contribution >= 0.6 is 0 Å². The number of anilines is 1. The lowest BCUT2D eigenvalue weighted by Crippen LogP contribution is -2.53. The van der Waals surface area contributed by atoms with Crippen LogP contribution in [0.2, 0.25) is 0 Å². The molecule has 1 heterocycles. The second-order valence-electron chi connectivity index (χ2n) is 16.2. The van der Waals surface area contributed by atoms with Crippen LogP contribution in [0.5, 0.6) is 0 Å². The minimum Gasteiger partial charge on any atom is -0.461 e. The first kappa shape index (κ1) is 58.5. The number of rotatable bonds is 39. The molecule has 0 spiro atoms. The fraction of sp³-hybridized carbons (Fsp3) is 0.717. The van der Waals surface area contributed by atoms with Crippen LogP contribution in [-0.2, 0) is 82.8 Å². The van der Waals surface area contributed by atoms with Crippen LogP contribution in [0.1, 0.15) is 66.4 Å². The molecule has 1 aromatic rings. The van der Waals surface area contributed by atoms with Gasteiger partial charge in [0.2, 0.25) is 35.4 Å². The molecule has 380 valence electrons. The maximum absolute atomic E-state index is 13.0. The molecule has 0 bridgehead atoms.